The molecule has 0 aliphatic heterocycles. The van der Waals surface area contributed by atoms with E-state index in [1.54, 1.807) is 0 Å². The highest BCUT2D eigenvalue weighted by Gasteiger charge is 2.03. The first-order valence-corrected chi connectivity index (χ1v) is 5.82. The van der Waals surface area contributed by atoms with Crippen LogP contribution in [0.3, 0.4) is 0 Å². The summed E-state index contributed by atoms with van der Waals surface area (Å²) >= 11 is 0. The molecule has 0 fully saturated rings. The van der Waals surface area contributed by atoms with Crippen molar-refractivity contribution in [3.8, 4) is 0 Å². The van der Waals surface area contributed by atoms with Crippen molar-refractivity contribution < 1.29 is 5.11 Å². The van der Waals surface area contributed by atoms with Crippen LogP contribution in [-0.2, 0) is 6.42 Å². The first kappa shape index (κ1) is 11.1. The second kappa shape index (κ2) is 5.08. The molecular weight excluding hydrogens is 198 g/mol. The molecule has 2 nitrogen and oxygen atoms in total. The molecule has 1 aromatic carbocycles. The Labute approximate surface area is 96.0 Å². The molecule has 0 radical (unpaired) electrons. The quantitative estimate of drug-likeness (QED) is 0.850. The van der Waals surface area contributed by atoms with E-state index in [-0.39, 0.29) is 6.10 Å². The van der Waals surface area contributed by atoms with Gasteiger partial charge in [0.15, 0.2) is 0 Å². The Balaban J connectivity index is 2.13. The molecule has 1 aromatic heterocycles. The monoisotopic (exact) mass is 215 g/mol. The lowest BCUT2D eigenvalue weighted by atomic mass is 10.1. The van der Waals surface area contributed by atoms with Crippen LogP contribution >= 0.6 is 0 Å². The number of aryl methyl sites for hydroxylation is 1. The van der Waals surface area contributed by atoms with Crippen LogP contribution in [0.15, 0.2) is 36.4 Å². The van der Waals surface area contributed by atoms with E-state index >= 15 is 0 Å². The number of hydrogen-bond donors (Lipinski definition) is 1. The fourth-order valence-electron chi connectivity index (χ4n) is 1.77. The zero-order valence-electron chi connectivity index (χ0n) is 9.56. The molecule has 0 bridgehead atoms. The second-order valence-corrected chi connectivity index (χ2v) is 4.10. The zero-order valence-corrected chi connectivity index (χ0v) is 9.56. The van der Waals surface area contributed by atoms with E-state index in [9.17, 15) is 5.11 Å². The van der Waals surface area contributed by atoms with Crippen LogP contribution in [0.5, 0.6) is 0 Å². The molecular formula is C14H17NO. The Hall–Kier alpha value is -1.41. The summed E-state index contributed by atoms with van der Waals surface area (Å²) in [6.45, 7) is 2.00. The lowest BCUT2D eigenvalue weighted by Crippen LogP contribution is -2.06. The van der Waals surface area contributed by atoms with Gasteiger partial charge in [0.1, 0.15) is 0 Å². The third kappa shape index (κ3) is 2.58. The van der Waals surface area contributed by atoms with Crippen LogP contribution in [0.2, 0.25) is 0 Å². The number of rotatable bonds is 4. The number of fused-ring (bicyclic) bond motifs is 1. The summed E-state index contributed by atoms with van der Waals surface area (Å²) in [6.07, 6.45) is 2.25. The van der Waals surface area contributed by atoms with Crippen LogP contribution in [0.4, 0.5) is 0 Å². The maximum absolute atomic E-state index is 9.50. The largest absolute Gasteiger partial charge is 0.393 e. The molecule has 2 aromatic rings. The van der Waals surface area contributed by atoms with Crippen molar-refractivity contribution in [1.29, 1.82) is 0 Å². The van der Waals surface area contributed by atoms with Crippen molar-refractivity contribution >= 4 is 10.9 Å². The number of pyridine rings is 1. The van der Waals surface area contributed by atoms with Crippen molar-refractivity contribution in [3.05, 3.63) is 42.1 Å². The summed E-state index contributed by atoms with van der Waals surface area (Å²) in [7, 11) is 0. The molecule has 1 unspecified atom stereocenters. The summed E-state index contributed by atoms with van der Waals surface area (Å²) in [4.78, 5) is 4.57. The Morgan fingerprint density at radius 3 is 2.81 bits per heavy atom. The molecule has 0 amide bonds. The average Bonchev–Trinajstić information content (AvgIpc) is 2.35. The summed E-state index contributed by atoms with van der Waals surface area (Å²) < 4.78 is 0. The van der Waals surface area contributed by atoms with Gasteiger partial charge in [-0.05, 0) is 31.4 Å². The number of benzene rings is 1. The average molecular weight is 215 g/mol. The summed E-state index contributed by atoms with van der Waals surface area (Å²) in [5.74, 6) is 0. The number of nitrogens with zero attached hydrogens (tertiary/aromatic N) is 1. The van der Waals surface area contributed by atoms with E-state index in [4.69, 9.17) is 0 Å². The summed E-state index contributed by atoms with van der Waals surface area (Å²) in [5, 5.41) is 10.7. The highest BCUT2D eigenvalue weighted by atomic mass is 16.3. The molecule has 1 atom stereocenters. The van der Waals surface area contributed by atoms with Crippen molar-refractivity contribution in [2.75, 3.05) is 0 Å². The highest BCUT2D eigenvalue weighted by Crippen LogP contribution is 2.13. The predicted octanol–water partition coefficient (Wildman–Crippen LogP) is 2.94. The number of hydrogen-bond acceptors (Lipinski definition) is 2. The minimum atomic E-state index is -0.201. The number of aliphatic hydroxyl groups excluding tert-OH is 1. The van der Waals surface area contributed by atoms with Crippen LogP contribution in [0, 0.1) is 0 Å². The Morgan fingerprint density at radius 1 is 1.19 bits per heavy atom. The molecule has 0 saturated carbocycles. The lowest BCUT2D eigenvalue weighted by Gasteiger charge is -2.07. The van der Waals surface area contributed by atoms with Gasteiger partial charge in [0.05, 0.1) is 11.6 Å². The first-order chi connectivity index (χ1) is 7.79. The van der Waals surface area contributed by atoms with Gasteiger partial charge in [0, 0.05) is 11.1 Å². The molecule has 0 spiro atoms. The van der Waals surface area contributed by atoms with Crippen molar-refractivity contribution in [2.45, 2.75) is 32.3 Å². The lowest BCUT2D eigenvalue weighted by molar-refractivity contribution is 0.160. The van der Waals surface area contributed by atoms with Gasteiger partial charge in [0.2, 0.25) is 0 Å². The van der Waals surface area contributed by atoms with Gasteiger partial charge >= 0.3 is 0 Å². The van der Waals surface area contributed by atoms with E-state index < -0.39 is 0 Å². The molecule has 0 aliphatic carbocycles. The molecule has 0 saturated heterocycles. The highest BCUT2D eigenvalue weighted by molar-refractivity contribution is 5.78. The van der Waals surface area contributed by atoms with E-state index in [0.29, 0.717) is 0 Å². The van der Waals surface area contributed by atoms with E-state index in [2.05, 4.69) is 17.1 Å². The first-order valence-electron chi connectivity index (χ1n) is 5.82. The smallest absolute Gasteiger partial charge is 0.0705 e. The van der Waals surface area contributed by atoms with Gasteiger partial charge in [-0.2, -0.15) is 0 Å². The Kier molecular flexibility index (Phi) is 3.52. The zero-order chi connectivity index (χ0) is 11.4. The van der Waals surface area contributed by atoms with E-state index in [0.717, 1.165) is 30.5 Å². The number of para-hydroxylation sites is 1. The molecule has 1 N–H and O–H groups in total. The van der Waals surface area contributed by atoms with Gasteiger partial charge in [-0.3, -0.25) is 4.98 Å². The summed E-state index contributed by atoms with van der Waals surface area (Å²) in [5.41, 5.74) is 2.09. The molecule has 84 valence electrons. The van der Waals surface area contributed by atoms with Gasteiger partial charge < -0.3 is 5.11 Å². The van der Waals surface area contributed by atoms with Crippen molar-refractivity contribution in [3.63, 3.8) is 0 Å². The summed E-state index contributed by atoms with van der Waals surface area (Å²) in [6, 6.07) is 12.2. The molecule has 16 heavy (non-hydrogen) atoms. The number of aliphatic hydroxyl groups is 1. The van der Waals surface area contributed by atoms with E-state index in [1.165, 1.54) is 5.39 Å². The van der Waals surface area contributed by atoms with Gasteiger partial charge in [0.25, 0.3) is 0 Å². The fourth-order valence-corrected chi connectivity index (χ4v) is 1.77. The van der Waals surface area contributed by atoms with Crippen molar-refractivity contribution in [2.24, 2.45) is 0 Å². The third-order valence-electron chi connectivity index (χ3n) is 2.86. The normalized spacial score (nSPS) is 12.9. The Bertz CT molecular complexity index is 467. The third-order valence-corrected chi connectivity index (χ3v) is 2.86. The van der Waals surface area contributed by atoms with E-state index in [1.807, 2.05) is 31.2 Å². The SMILES string of the molecule is CCC(O)CCc1ccc2ccccc2n1. The minimum Gasteiger partial charge on any atom is -0.393 e. The maximum Gasteiger partial charge on any atom is 0.0705 e. The minimum absolute atomic E-state index is 0.201. The van der Waals surface area contributed by atoms with Gasteiger partial charge in [-0.25, -0.2) is 0 Å². The van der Waals surface area contributed by atoms with Gasteiger partial charge in [-0.15, -0.1) is 0 Å². The Morgan fingerprint density at radius 2 is 2.00 bits per heavy atom. The predicted molar refractivity (Wildman–Crippen MR) is 66.4 cm³/mol. The molecule has 2 rings (SSSR count). The van der Waals surface area contributed by atoms with Crippen LogP contribution in [-0.4, -0.2) is 16.2 Å². The second-order valence-electron chi connectivity index (χ2n) is 4.10. The fraction of sp³-hybridized carbons (Fsp3) is 0.357. The maximum atomic E-state index is 9.50. The molecule has 2 heteroatoms. The number of aromatic nitrogens is 1. The topological polar surface area (TPSA) is 33.1 Å². The van der Waals surface area contributed by atoms with Gasteiger partial charge in [-0.1, -0.05) is 31.2 Å². The van der Waals surface area contributed by atoms with Crippen LogP contribution in [0.25, 0.3) is 10.9 Å². The van der Waals surface area contributed by atoms with Crippen molar-refractivity contribution in [1.82, 2.24) is 4.98 Å². The molecule has 0 aliphatic rings. The standard InChI is InChI=1S/C14H17NO/c1-2-13(16)10-9-12-8-7-11-5-3-4-6-14(11)15-12/h3-8,13,16H,2,9-10H2,1H3. The molecule has 1 heterocycles. The van der Waals surface area contributed by atoms with Crippen LogP contribution < -0.4 is 0 Å². The van der Waals surface area contributed by atoms with Crippen LogP contribution in [0.1, 0.15) is 25.5 Å².